The number of aliphatic imine (C=N–C) groups is 1. The molecule has 1 heterocycles. The maximum Gasteiger partial charge on any atom is 0.416 e. The molecule has 0 radical (unpaired) electrons. The van der Waals surface area contributed by atoms with Gasteiger partial charge in [-0.2, -0.15) is 26.3 Å². The standard InChI is InChI=1S/C22H15F8N/c1-3-11(2)4-5-17-19-13(10-31-17)8-16(23)18(20(19)24)12-6-14(21(25,26)27)9-15(7-12)22(28,29)30/h3-9H,10H2,1-2H3/b5-4-,11-3-. The monoisotopic (exact) mass is 445 g/mol. The number of fused-ring (bicyclic) bond motifs is 1. The summed E-state index contributed by atoms with van der Waals surface area (Å²) in [6.45, 7) is 3.47. The van der Waals surface area contributed by atoms with Crippen molar-refractivity contribution in [3.63, 3.8) is 0 Å². The van der Waals surface area contributed by atoms with Crippen molar-refractivity contribution in [1.82, 2.24) is 0 Å². The Balaban J connectivity index is 2.24. The van der Waals surface area contributed by atoms with Crippen LogP contribution in [-0.4, -0.2) is 5.71 Å². The van der Waals surface area contributed by atoms with Crippen LogP contribution in [0.4, 0.5) is 35.1 Å². The lowest BCUT2D eigenvalue weighted by Gasteiger charge is -2.16. The van der Waals surface area contributed by atoms with Crippen LogP contribution in [0.25, 0.3) is 11.1 Å². The second-order valence-electron chi connectivity index (χ2n) is 6.94. The van der Waals surface area contributed by atoms with Crippen molar-refractivity contribution in [1.29, 1.82) is 0 Å². The number of benzene rings is 2. The van der Waals surface area contributed by atoms with Crippen molar-refractivity contribution in [2.45, 2.75) is 32.7 Å². The van der Waals surface area contributed by atoms with Crippen LogP contribution in [0.5, 0.6) is 0 Å². The zero-order valence-electron chi connectivity index (χ0n) is 16.2. The molecule has 0 atom stereocenters. The zero-order valence-corrected chi connectivity index (χ0v) is 16.2. The van der Waals surface area contributed by atoms with E-state index in [0.717, 1.165) is 11.6 Å². The average molecular weight is 445 g/mol. The lowest BCUT2D eigenvalue weighted by Crippen LogP contribution is -2.12. The van der Waals surface area contributed by atoms with E-state index in [-0.39, 0.29) is 29.4 Å². The Hall–Kier alpha value is -2.97. The van der Waals surface area contributed by atoms with Gasteiger partial charge in [-0.25, -0.2) is 8.78 Å². The fraction of sp³-hybridized carbons (Fsp3) is 0.227. The molecular weight excluding hydrogens is 430 g/mol. The first kappa shape index (κ1) is 22.7. The van der Waals surface area contributed by atoms with Gasteiger partial charge >= 0.3 is 12.4 Å². The molecule has 0 saturated carbocycles. The van der Waals surface area contributed by atoms with Crippen molar-refractivity contribution < 1.29 is 35.1 Å². The SMILES string of the molecule is C/C=C(C)\C=C/C1=NCc2cc(F)c(-c3cc(C(F)(F)F)cc(C(F)(F)F)c3)c(F)c21. The molecule has 9 heteroatoms. The normalized spacial score (nSPS) is 14.9. The van der Waals surface area contributed by atoms with Gasteiger partial charge in [-0.05, 0) is 55.3 Å². The molecule has 0 spiro atoms. The van der Waals surface area contributed by atoms with Gasteiger partial charge in [0, 0.05) is 5.56 Å². The van der Waals surface area contributed by atoms with Crippen molar-refractivity contribution in [3.05, 3.63) is 82.0 Å². The van der Waals surface area contributed by atoms with Crippen molar-refractivity contribution in [3.8, 4) is 11.1 Å². The molecule has 1 aliphatic rings. The third-order valence-corrected chi connectivity index (χ3v) is 4.81. The Morgan fingerprint density at radius 2 is 1.48 bits per heavy atom. The zero-order chi connectivity index (χ0) is 23.1. The number of allylic oxidation sites excluding steroid dienone is 4. The summed E-state index contributed by atoms with van der Waals surface area (Å²) in [6, 6.07) is 1.39. The molecule has 0 saturated heterocycles. The Morgan fingerprint density at radius 3 is 2.00 bits per heavy atom. The van der Waals surface area contributed by atoms with Gasteiger partial charge < -0.3 is 0 Å². The third kappa shape index (κ3) is 4.55. The second-order valence-corrected chi connectivity index (χ2v) is 6.94. The van der Waals surface area contributed by atoms with E-state index >= 15 is 4.39 Å². The summed E-state index contributed by atoms with van der Waals surface area (Å²) >= 11 is 0. The highest BCUT2D eigenvalue weighted by Crippen LogP contribution is 2.41. The molecule has 0 aliphatic carbocycles. The van der Waals surface area contributed by atoms with Crippen LogP contribution in [0.1, 0.15) is 36.1 Å². The first-order valence-electron chi connectivity index (χ1n) is 8.99. The minimum atomic E-state index is -5.14. The average Bonchev–Trinajstić information content (AvgIpc) is 3.07. The van der Waals surface area contributed by atoms with Crippen LogP contribution >= 0.6 is 0 Å². The smallest absolute Gasteiger partial charge is 0.280 e. The summed E-state index contributed by atoms with van der Waals surface area (Å²) in [5, 5.41) is 0. The number of nitrogens with zero attached hydrogens (tertiary/aromatic N) is 1. The quantitative estimate of drug-likeness (QED) is 0.343. The minimum absolute atomic E-state index is 0.0611. The Bertz CT molecular complexity index is 1090. The summed E-state index contributed by atoms with van der Waals surface area (Å²) in [7, 11) is 0. The van der Waals surface area contributed by atoms with Gasteiger partial charge in [-0.15, -0.1) is 0 Å². The molecule has 2 aromatic rings. The van der Waals surface area contributed by atoms with Gasteiger partial charge in [0.1, 0.15) is 11.6 Å². The summed E-state index contributed by atoms with van der Waals surface area (Å²) in [4.78, 5) is 4.10. The van der Waals surface area contributed by atoms with Crippen LogP contribution in [0, 0.1) is 11.6 Å². The van der Waals surface area contributed by atoms with Crippen LogP contribution < -0.4 is 0 Å². The first-order chi connectivity index (χ1) is 14.3. The molecule has 31 heavy (non-hydrogen) atoms. The minimum Gasteiger partial charge on any atom is -0.280 e. The highest BCUT2D eigenvalue weighted by Gasteiger charge is 2.38. The number of hydrogen-bond acceptors (Lipinski definition) is 1. The maximum absolute atomic E-state index is 15.3. The van der Waals surface area contributed by atoms with E-state index in [2.05, 4.69) is 4.99 Å². The molecule has 3 rings (SSSR count). The molecule has 0 bridgehead atoms. The van der Waals surface area contributed by atoms with Gasteiger partial charge in [0.25, 0.3) is 0 Å². The topological polar surface area (TPSA) is 12.4 Å². The van der Waals surface area contributed by atoms with Crippen molar-refractivity contribution in [2.24, 2.45) is 4.99 Å². The molecule has 0 amide bonds. The van der Waals surface area contributed by atoms with E-state index in [9.17, 15) is 30.7 Å². The first-order valence-corrected chi connectivity index (χ1v) is 8.99. The number of rotatable bonds is 3. The second kappa shape index (κ2) is 7.94. The highest BCUT2D eigenvalue weighted by molar-refractivity contribution is 6.12. The predicted octanol–water partition coefficient (Wildman–Crippen LogP) is 7.49. The summed E-state index contributed by atoms with van der Waals surface area (Å²) < 4.78 is 109. The fourth-order valence-corrected chi connectivity index (χ4v) is 3.13. The summed E-state index contributed by atoms with van der Waals surface area (Å²) in [5.74, 6) is -2.53. The largest absolute Gasteiger partial charge is 0.416 e. The predicted molar refractivity (Wildman–Crippen MR) is 101 cm³/mol. The number of hydrogen-bond donors (Lipinski definition) is 0. The molecular formula is C22H15F8N. The molecule has 0 fully saturated rings. The lowest BCUT2D eigenvalue weighted by molar-refractivity contribution is -0.143. The van der Waals surface area contributed by atoms with Crippen LogP contribution in [0.15, 0.2) is 53.1 Å². The number of halogens is 8. The van der Waals surface area contributed by atoms with Gasteiger partial charge in [0.05, 0.1) is 28.9 Å². The molecule has 0 N–H and O–H groups in total. The van der Waals surface area contributed by atoms with E-state index in [0.29, 0.717) is 12.1 Å². The Kier molecular flexibility index (Phi) is 5.82. The summed E-state index contributed by atoms with van der Waals surface area (Å²) in [6.07, 6.45) is -5.44. The number of alkyl halides is 6. The van der Waals surface area contributed by atoms with E-state index in [1.165, 1.54) is 6.08 Å². The van der Waals surface area contributed by atoms with Gasteiger partial charge in [0.2, 0.25) is 0 Å². The molecule has 1 nitrogen and oxygen atoms in total. The van der Waals surface area contributed by atoms with E-state index in [4.69, 9.17) is 0 Å². The van der Waals surface area contributed by atoms with E-state index in [1.807, 2.05) is 0 Å². The van der Waals surface area contributed by atoms with Gasteiger partial charge in [-0.3, -0.25) is 4.99 Å². The fourth-order valence-electron chi connectivity index (χ4n) is 3.13. The Morgan fingerprint density at radius 1 is 0.903 bits per heavy atom. The van der Waals surface area contributed by atoms with Crippen LogP contribution in [0.3, 0.4) is 0 Å². The molecule has 0 unspecified atom stereocenters. The van der Waals surface area contributed by atoms with Crippen molar-refractivity contribution in [2.75, 3.05) is 0 Å². The van der Waals surface area contributed by atoms with Gasteiger partial charge in [0.15, 0.2) is 0 Å². The van der Waals surface area contributed by atoms with E-state index < -0.39 is 46.2 Å². The van der Waals surface area contributed by atoms with Gasteiger partial charge in [-0.1, -0.05) is 17.7 Å². The van der Waals surface area contributed by atoms with Crippen molar-refractivity contribution >= 4 is 5.71 Å². The highest BCUT2D eigenvalue weighted by atomic mass is 19.4. The lowest BCUT2D eigenvalue weighted by atomic mass is 9.93. The Labute approximate surface area is 172 Å². The molecule has 164 valence electrons. The molecule has 2 aromatic carbocycles. The molecule has 0 aromatic heterocycles. The van der Waals surface area contributed by atoms with Crippen LogP contribution in [-0.2, 0) is 18.9 Å². The molecule has 1 aliphatic heterocycles. The van der Waals surface area contributed by atoms with E-state index in [1.54, 1.807) is 26.0 Å². The van der Waals surface area contributed by atoms with Crippen LogP contribution in [0.2, 0.25) is 0 Å². The third-order valence-electron chi connectivity index (χ3n) is 4.81. The summed E-state index contributed by atoms with van der Waals surface area (Å²) in [5.41, 5.74) is -4.21. The maximum atomic E-state index is 15.3.